The Bertz CT molecular complexity index is 1660. The fourth-order valence-electron chi connectivity index (χ4n) is 4.48. The number of nitrogens with zero attached hydrogens (tertiary/aromatic N) is 2. The standard InChI is InChI=1S/C31H27N3O4S/c1-33(2)25-19-17-24(18-20-25)31(36)32-28-26-15-9-10-16-27(26)39(37,38)34(21-22-11-5-3-6-12-22)29(28)30(35)23-13-7-4-8-14-23/h3-20H,21H2,1-2H3,(H,32,36). The smallest absolute Gasteiger partial charge is 0.265 e. The van der Waals surface area contributed by atoms with E-state index >= 15 is 0 Å². The summed E-state index contributed by atoms with van der Waals surface area (Å²) in [6.07, 6.45) is 0. The molecule has 1 heterocycles. The summed E-state index contributed by atoms with van der Waals surface area (Å²) in [4.78, 5) is 29.5. The molecule has 1 aliphatic rings. The maximum absolute atomic E-state index is 14.0. The van der Waals surface area contributed by atoms with Gasteiger partial charge in [0.1, 0.15) is 5.70 Å². The van der Waals surface area contributed by atoms with Gasteiger partial charge < -0.3 is 10.2 Å². The first-order valence-electron chi connectivity index (χ1n) is 12.4. The molecule has 0 spiro atoms. The third-order valence-corrected chi connectivity index (χ3v) is 8.32. The number of sulfonamides is 1. The van der Waals surface area contributed by atoms with Crippen LogP contribution in [0.1, 0.15) is 31.8 Å². The normalized spacial score (nSPS) is 13.9. The van der Waals surface area contributed by atoms with Gasteiger partial charge in [0.2, 0.25) is 5.78 Å². The molecule has 5 rings (SSSR count). The molecule has 1 aliphatic heterocycles. The summed E-state index contributed by atoms with van der Waals surface area (Å²) in [5, 5.41) is 2.89. The average Bonchev–Trinajstić information content (AvgIpc) is 2.96. The van der Waals surface area contributed by atoms with Crippen LogP contribution in [0.15, 0.2) is 120 Å². The van der Waals surface area contributed by atoms with Crippen LogP contribution in [-0.2, 0) is 16.6 Å². The first-order valence-corrected chi connectivity index (χ1v) is 13.8. The molecule has 0 radical (unpaired) electrons. The van der Waals surface area contributed by atoms with Gasteiger partial charge in [-0.3, -0.25) is 13.9 Å². The number of ketones is 1. The van der Waals surface area contributed by atoms with Crippen LogP contribution < -0.4 is 10.2 Å². The van der Waals surface area contributed by atoms with Crippen molar-refractivity contribution in [2.45, 2.75) is 11.4 Å². The SMILES string of the molecule is CN(C)c1ccc(C(=O)NC2=C(C(=O)c3ccccc3)N(Cc3ccccc3)S(=O)(=O)c3ccccc32)cc1. The number of hydrogen-bond donors (Lipinski definition) is 1. The van der Waals surface area contributed by atoms with E-state index < -0.39 is 21.7 Å². The molecule has 0 atom stereocenters. The third kappa shape index (κ3) is 5.06. The zero-order valence-corrected chi connectivity index (χ0v) is 22.4. The summed E-state index contributed by atoms with van der Waals surface area (Å²) in [7, 11) is -0.324. The van der Waals surface area contributed by atoms with Crippen molar-refractivity contribution < 1.29 is 18.0 Å². The maximum Gasteiger partial charge on any atom is 0.265 e. The number of allylic oxidation sites excluding steroid dienone is 1. The molecule has 0 bridgehead atoms. The van der Waals surface area contributed by atoms with Gasteiger partial charge in [-0.1, -0.05) is 78.9 Å². The van der Waals surface area contributed by atoms with Crippen molar-refractivity contribution in [2.75, 3.05) is 19.0 Å². The van der Waals surface area contributed by atoms with Crippen molar-refractivity contribution in [1.82, 2.24) is 9.62 Å². The molecule has 0 unspecified atom stereocenters. The van der Waals surface area contributed by atoms with Gasteiger partial charge in [-0.25, -0.2) is 8.42 Å². The first-order chi connectivity index (χ1) is 18.8. The van der Waals surface area contributed by atoms with Gasteiger partial charge >= 0.3 is 0 Å². The summed E-state index contributed by atoms with van der Waals surface area (Å²) in [6.45, 7) is -0.0810. The van der Waals surface area contributed by atoms with Gasteiger partial charge in [-0.15, -0.1) is 0 Å². The van der Waals surface area contributed by atoms with Crippen molar-refractivity contribution in [3.8, 4) is 0 Å². The van der Waals surface area contributed by atoms with Gasteiger partial charge in [0.25, 0.3) is 15.9 Å². The predicted octanol–water partition coefficient (Wildman–Crippen LogP) is 4.94. The minimum Gasteiger partial charge on any atom is -0.378 e. The minimum absolute atomic E-state index is 0.0174. The Morgan fingerprint density at radius 2 is 1.33 bits per heavy atom. The average molecular weight is 538 g/mol. The fourth-order valence-corrected chi connectivity index (χ4v) is 6.15. The van der Waals surface area contributed by atoms with Crippen molar-refractivity contribution in [1.29, 1.82) is 0 Å². The molecule has 39 heavy (non-hydrogen) atoms. The highest BCUT2D eigenvalue weighted by Crippen LogP contribution is 2.38. The zero-order valence-electron chi connectivity index (χ0n) is 21.5. The summed E-state index contributed by atoms with van der Waals surface area (Å²) >= 11 is 0. The molecule has 0 fully saturated rings. The summed E-state index contributed by atoms with van der Waals surface area (Å²) in [6, 6.07) is 30.9. The van der Waals surface area contributed by atoms with E-state index in [-0.39, 0.29) is 28.4 Å². The molecule has 1 N–H and O–H groups in total. The van der Waals surface area contributed by atoms with Crippen LogP contribution in [0.25, 0.3) is 5.70 Å². The molecule has 8 heteroatoms. The lowest BCUT2D eigenvalue weighted by Crippen LogP contribution is -2.41. The number of Topliss-reactive ketones (excluding diaryl/α,β-unsaturated/α-hetero) is 1. The molecular weight excluding hydrogens is 510 g/mol. The molecule has 0 saturated carbocycles. The number of amides is 1. The Morgan fingerprint density at radius 3 is 1.97 bits per heavy atom. The summed E-state index contributed by atoms with van der Waals surface area (Å²) < 4.78 is 29.1. The second-order valence-electron chi connectivity index (χ2n) is 9.31. The van der Waals surface area contributed by atoms with Gasteiger partial charge in [0, 0.05) is 36.5 Å². The van der Waals surface area contributed by atoms with Crippen molar-refractivity contribution in [2.24, 2.45) is 0 Å². The highest BCUT2D eigenvalue weighted by atomic mass is 32.2. The molecule has 4 aromatic carbocycles. The highest BCUT2D eigenvalue weighted by molar-refractivity contribution is 7.89. The molecule has 0 aliphatic carbocycles. The zero-order chi connectivity index (χ0) is 27.6. The number of hydrogen-bond acceptors (Lipinski definition) is 5. The Morgan fingerprint density at radius 1 is 0.744 bits per heavy atom. The van der Waals surface area contributed by atoms with E-state index in [1.807, 2.05) is 49.3 Å². The van der Waals surface area contributed by atoms with Crippen LogP contribution in [-0.4, -0.2) is 38.5 Å². The van der Waals surface area contributed by atoms with Gasteiger partial charge in [0.05, 0.1) is 17.1 Å². The highest BCUT2D eigenvalue weighted by Gasteiger charge is 2.40. The van der Waals surface area contributed by atoms with Crippen LogP contribution in [0.2, 0.25) is 0 Å². The number of fused-ring (bicyclic) bond motifs is 1. The second kappa shape index (κ2) is 10.6. The topological polar surface area (TPSA) is 86.8 Å². The number of rotatable bonds is 7. The van der Waals surface area contributed by atoms with Crippen molar-refractivity contribution in [3.05, 3.63) is 137 Å². The van der Waals surface area contributed by atoms with E-state index in [1.54, 1.807) is 72.8 Å². The number of carbonyl (C=O) groups is 2. The Labute approximate surface area is 228 Å². The van der Waals surface area contributed by atoms with E-state index in [9.17, 15) is 18.0 Å². The Hall–Kier alpha value is -4.69. The number of carbonyl (C=O) groups excluding carboxylic acids is 2. The molecule has 196 valence electrons. The summed E-state index contributed by atoms with van der Waals surface area (Å²) in [5.74, 6) is -0.967. The van der Waals surface area contributed by atoms with Crippen LogP contribution in [0, 0.1) is 0 Å². The van der Waals surface area contributed by atoms with Crippen molar-refractivity contribution in [3.63, 3.8) is 0 Å². The second-order valence-corrected chi connectivity index (χ2v) is 11.1. The Balaban J connectivity index is 1.70. The fraction of sp³-hybridized carbons (Fsp3) is 0.0968. The molecular formula is C31H27N3O4S. The molecule has 0 aromatic heterocycles. The van der Waals surface area contributed by atoms with Gasteiger partial charge in [-0.2, -0.15) is 0 Å². The first kappa shape index (κ1) is 25.9. The van der Waals surface area contributed by atoms with Crippen LogP contribution in [0.3, 0.4) is 0 Å². The minimum atomic E-state index is -4.13. The van der Waals surface area contributed by atoms with E-state index in [1.165, 1.54) is 6.07 Å². The largest absolute Gasteiger partial charge is 0.378 e. The predicted molar refractivity (Wildman–Crippen MR) is 152 cm³/mol. The van der Waals surface area contributed by atoms with Crippen LogP contribution in [0.5, 0.6) is 0 Å². The lowest BCUT2D eigenvalue weighted by Gasteiger charge is -2.34. The van der Waals surface area contributed by atoms with Crippen LogP contribution in [0.4, 0.5) is 5.69 Å². The third-order valence-electron chi connectivity index (χ3n) is 6.52. The number of benzene rings is 4. The molecule has 7 nitrogen and oxygen atoms in total. The monoisotopic (exact) mass is 537 g/mol. The van der Waals surface area contributed by atoms with Gasteiger partial charge in [-0.05, 0) is 35.9 Å². The number of nitrogens with one attached hydrogen (secondary N) is 1. The molecule has 4 aromatic rings. The van der Waals surface area contributed by atoms with E-state index in [2.05, 4.69) is 5.32 Å². The summed E-state index contributed by atoms with van der Waals surface area (Å²) in [5.41, 5.74) is 2.60. The van der Waals surface area contributed by atoms with Crippen molar-refractivity contribution >= 4 is 33.1 Å². The Kier molecular flexibility index (Phi) is 7.04. The van der Waals surface area contributed by atoms with Gasteiger partial charge in [0.15, 0.2) is 0 Å². The molecule has 0 saturated heterocycles. The lowest BCUT2D eigenvalue weighted by atomic mass is 10.0. The molecule has 1 amide bonds. The number of anilines is 1. The van der Waals surface area contributed by atoms with E-state index in [0.717, 1.165) is 9.99 Å². The van der Waals surface area contributed by atoms with E-state index in [4.69, 9.17) is 0 Å². The van der Waals surface area contributed by atoms with E-state index in [0.29, 0.717) is 16.7 Å². The van der Waals surface area contributed by atoms with Crippen LogP contribution >= 0.6 is 0 Å². The maximum atomic E-state index is 14.0. The quantitative estimate of drug-likeness (QED) is 0.338. The lowest BCUT2D eigenvalue weighted by molar-refractivity contribution is 0.0972.